The van der Waals surface area contributed by atoms with Gasteiger partial charge < -0.3 is 27.4 Å². The maximum atomic E-state index is 8.54. The van der Waals surface area contributed by atoms with Crippen molar-refractivity contribution in [2.45, 2.75) is 0 Å². The summed E-state index contributed by atoms with van der Waals surface area (Å²) < 4.78 is 25.6. The molecule has 0 heterocycles. The largest absolute Gasteiger partial charge is 2.00 e. The average Bonchev–Trinajstić information content (AvgIpc) is 0.811. The third-order valence-corrected chi connectivity index (χ3v) is 0. The van der Waals surface area contributed by atoms with Gasteiger partial charge in [0, 0.05) is 0 Å². The van der Waals surface area contributed by atoms with Crippen LogP contribution in [-0.2, 0) is 20.9 Å². The van der Waals surface area contributed by atoms with Crippen molar-refractivity contribution in [2.24, 2.45) is 0 Å². The van der Waals surface area contributed by atoms with Gasteiger partial charge in [0.1, 0.15) is 0 Å². The Morgan fingerprint density at radius 2 is 0.800 bits per heavy atom. The molecule has 0 saturated heterocycles. The van der Waals surface area contributed by atoms with Crippen LogP contribution in [0.3, 0.4) is 0 Å². The van der Waals surface area contributed by atoms with Gasteiger partial charge in [0.2, 0.25) is 0 Å². The first-order valence-corrected chi connectivity index (χ1v) is 2.60. The van der Waals surface area contributed by atoms with Crippen LogP contribution in [0.1, 0.15) is 0 Å². The summed E-state index contributed by atoms with van der Waals surface area (Å²) in [6.07, 6.45) is 0. The second-order valence-corrected chi connectivity index (χ2v) is 1.06. The van der Waals surface area contributed by atoms with Crippen molar-refractivity contribution in [1.82, 2.24) is 0 Å². The van der Waals surface area contributed by atoms with Gasteiger partial charge in [-0.25, -0.2) is 0 Å². The molecule has 0 aromatic carbocycles. The molecule has 0 aromatic rings. The molecule has 0 aromatic heterocycles. The molecular formula is H10CuO8Se. The van der Waals surface area contributed by atoms with Crippen molar-refractivity contribution < 1.29 is 56.7 Å². The standard InChI is InChI=1S/Cu.H2O3Se.5H2O/c;1-4(2)3;;;;;/h;(H2,1,2,3);5*1H2/q+2;;;;;;/p-2. The molecule has 10 heteroatoms. The Hall–Kier alpha value is 0.559. The fraction of sp³-hybridized carbons (Fsp3) is 0. The molecule has 0 aliphatic rings. The summed E-state index contributed by atoms with van der Waals surface area (Å²) in [7, 11) is 0. The number of hydrogen-bond acceptors (Lipinski definition) is 3. The summed E-state index contributed by atoms with van der Waals surface area (Å²) in [5.74, 6) is 0. The van der Waals surface area contributed by atoms with Crippen LogP contribution in [0.15, 0.2) is 0 Å². The predicted molar refractivity (Wildman–Crippen MR) is 24.5 cm³/mol. The Balaban J connectivity index is -0.00000000300. The molecule has 0 spiro atoms. The van der Waals surface area contributed by atoms with Crippen molar-refractivity contribution in [1.29, 1.82) is 0 Å². The van der Waals surface area contributed by atoms with Crippen LogP contribution < -0.4 is 8.38 Å². The van der Waals surface area contributed by atoms with Gasteiger partial charge in [0.05, 0.1) is 0 Å². The van der Waals surface area contributed by atoms with Gasteiger partial charge >= 0.3 is 43.8 Å². The molecule has 10 heavy (non-hydrogen) atoms. The fourth-order valence-corrected chi connectivity index (χ4v) is 0. The van der Waals surface area contributed by atoms with E-state index in [1.54, 1.807) is 0 Å². The number of rotatable bonds is 0. The van der Waals surface area contributed by atoms with Crippen molar-refractivity contribution in [3.63, 3.8) is 0 Å². The minimum atomic E-state index is -3.79. The van der Waals surface area contributed by atoms with E-state index in [-0.39, 0.29) is 44.4 Å². The van der Waals surface area contributed by atoms with Crippen LogP contribution in [0.25, 0.3) is 0 Å². The summed E-state index contributed by atoms with van der Waals surface area (Å²) in [5, 5.41) is 0. The Kier molecular flexibility index (Phi) is 421. The summed E-state index contributed by atoms with van der Waals surface area (Å²) in [4.78, 5) is 0. The molecule has 0 aliphatic carbocycles. The number of hydrogen-bond donors (Lipinski definition) is 0. The summed E-state index contributed by atoms with van der Waals surface area (Å²) in [6, 6.07) is 0. The minimum Gasteiger partial charge on any atom is 2.00 e. The molecule has 0 bridgehead atoms. The third kappa shape index (κ3) is 1570. The summed E-state index contributed by atoms with van der Waals surface area (Å²) in [5.41, 5.74) is 0. The Bertz CT molecular complexity index is 32.2. The van der Waals surface area contributed by atoms with E-state index in [1.165, 1.54) is 0 Å². The van der Waals surface area contributed by atoms with Gasteiger partial charge in [0.25, 0.3) is 0 Å². The van der Waals surface area contributed by atoms with Crippen molar-refractivity contribution in [3.05, 3.63) is 0 Å². The van der Waals surface area contributed by atoms with Crippen LogP contribution in [0, 0.1) is 0 Å². The van der Waals surface area contributed by atoms with Crippen molar-refractivity contribution in [2.75, 3.05) is 0 Å². The quantitative estimate of drug-likeness (QED) is 0.395. The summed E-state index contributed by atoms with van der Waals surface area (Å²) in [6.45, 7) is 0. The van der Waals surface area contributed by atoms with E-state index in [2.05, 4.69) is 0 Å². The average molecular weight is 281 g/mol. The van der Waals surface area contributed by atoms with Crippen LogP contribution in [0.5, 0.6) is 0 Å². The SMILES string of the molecule is O.O.O.O.O.O=[Se]([O-])[O-].[Cu+2]. The van der Waals surface area contributed by atoms with Gasteiger partial charge in [0.15, 0.2) is 0 Å². The fourth-order valence-electron chi connectivity index (χ4n) is 0. The maximum Gasteiger partial charge on any atom is 2.00 e. The van der Waals surface area contributed by atoms with Crippen LogP contribution in [0.4, 0.5) is 0 Å². The smallest absolute Gasteiger partial charge is 2.00 e. The Morgan fingerprint density at radius 3 is 0.800 bits per heavy atom. The molecule has 75 valence electrons. The molecule has 1 radical (unpaired) electrons. The van der Waals surface area contributed by atoms with E-state index in [9.17, 15) is 0 Å². The van der Waals surface area contributed by atoms with Gasteiger partial charge in [-0.05, 0) is 0 Å². The zero-order valence-corrected chi connectivity index (χ0v) is 7.09. The van der Waals surface area contributed by atoms with Crippen LogP contribution in [0.2, 0.25) is 0 Å². The maximum absolute atomic E-state index is 8.54. The molecule has 0 fully saturated rings. The van der Waals surface area contributed by atoms with E-state index in [1.807, 2.05) is 0 Å². The molecule has 0 rings (SSSR count). The van der Waals surface area contributed by atoms with E-state index >= 15 is 0 Å². The van der Waals surface area contributed by atoms with E-state index in [0.29, 0.717) is 0 Å². The molecule has 8 nitrogen and oxygen atoms in total. The topological polar surface area (TPSA) is 221 Å². The molecule has 0 atom stereocenters. The molecule has 0 saturated carbocycles. The molecule has 10 N–H and O–H groups in total. The normalized spacial score (nSPS) is 3.50. The zero-order valence-electron chi connectivity index (χ0n) is 4.43. The Morgan fingerprint density at radius 1 is 0.800 bits per heavy atom. The third-order valence-electron chi connectivity index (χ3n) is 0. The van der Waals surface area contributed by atoms with E-state index < -0.39 is 14.5 Å². The first kappa shape index (κ1) is 76.2. The second kappa shape index (κ2) is 55.3. The van der Waals surface area contributed by atoms with Crippen molar-refractivity contribution in [3.8, 4) is 0 Å². The van der Waals surface area contributed by atoms with Gasteiger partial charge in [-0.3, -0.25) is 0 Å². The van der Waals surface area contributed by atoms with Gasteiger partial charge in [-0.1, -0.05) is 0 Å². The van der Waals surface area contributed by atoms with E-state index in [0.717, 1.165) is 0 Å². The predicted octanol–water partition coefficient (Wildman–Crippen LogP) is -7.00. The second-order valence-electron chi connectivity index (χ2n) is 0.204. The summed E-state index contributed by atoms with van der Waals surface area (Å²) >= 11 is -3.79. The van der Waals surface area contributed by atoms with Crippen LogP contribution >= 0.6 is 0 Å². The van der Waals surface area contributed by atoms with Gasteiger partial charge in [-0.15, -0.1) is 0 Å². The molecular weight excluding hydrogens is 270 g/mol. The van der Waals surface area contributed by atoms with Crippen LogP contribution in [-0.4, -0.2) is 41.9 Å². The first-order chi connectivity index (χ1) is 1.73. The minimum absolute atomic E-state index is 0. The van der Waals surface area contributed by atoms with Crippen molar-refractivity contribution >= 4 is 14.5 Å². The molecule has 0 amide bonds. The zero-order chi connectivity index (χ0) is 3.58. The monoisotopic (exact) mass is 281 g/mol. The van der Waals surface area contributed by atoms with Gasteiger partial charge in [-0.2, -0.15) is 0 Å². The molecule has 0 unspecified atom stereocenters. The Labute approximate surface area is 71.6 Å². The molecule has 0 aliphatic heterocycles. The first-order valence-electron chi connectivity index (χ1n) is 0.500. The van der Waals surface area contributed by atoms with E-state index in [4.69, 9.17) is 12.2 Å².